The van der Waals surface area contributed by atoms with E-state index in [1.807, 2.05) is 18.2 Å². The number of phosphoric acid groups is 1. The van der Waals surface area contributed by atoms with Crippen LogP contribution in [-0.2, 0) is 32.7 Å². The van der Waals surface area contributed by atoms with Gasteiger partial charge in [0.25, 0.3) is 0 Å². The number of carbonyl (C=O) groups is 2. The first-order chi connectivity index (χ1) is 26.0. The van der Waals surface area contributed by atoms with Crippen molar-refractivity contribution >= 4 is 19.8 Å². The number of hydrogen-bond donors (Lipinski definition) is 4. The number of unbranched alkanes of at least 4 members (excludes halogenated alkanes) is 15. The number of allylic oxidation sites excluding steroid dienone is 5. The molecule has 0 saturated carbocycles. The van der Waals surface area contributed by atoms with Crippen LogP contribution in [0.3, 0.4) is 0 Å². The summed E-state index contributed by atoms with van der Waals surface area (Å²) in [6.07, 6.45) is 31.4. The van der Waals surface area contributed by atoms with Crippen LogP contribution in [0.5, 0.6) is 0 Å². The molecule has 54 heavy (non-hydrogen) atoms. The SMILES string of the molecule is CC/C=C/C/C=C/C=C/C(O)CCCCCCCC(=O)O[C@H](COC(=O)CCCCCCCCCCCCCCC(C)C)COP(=O)(O)OC[C@@H](O)CO. The lowest BCUT2D eigenvalue weighted by Gasteiger charge is -2.20. The molecule has 0 fully saturated rings. The van der Waals surface area contributed by atoms with Gasteiger partial charge in [0.15, 0.2) is 6.10 Å². The third kappa shape index (κ3) is 37.1. The third-order valence-electron chi connectivity index (χ3n) is 8.84. The molecule has 11 nitrogen and oxygen atoms in total. The van der Waals surface area contributed by atoms with Crippen LogP contribution in [0.25, 0.3) is 0 Å². The number of hydrogen-bond acceptors (Lipinski definition) is 10. The second-order valence-corrected chi connectivity index (χ2v) is 16.1. The molecule has 0 aromatic heterocycles. The standard InChI is InChI=1S/C42H77O11P/c1-4-5-6-7-14-19-24-29-38(44)30-25-20-17-22-27-32-42(47)53-40(36-52-54(48,49)51-34-39(45)33-43)35-50-41(46)31-26-21-16-13-11-9-8-10-12-15-18-23-28-37(2)3/h5-6,14,19,24,29,37-40,43-45H,4,7-13,15-18,20-23,25-28,30-36H2,1-3H3,(H,48,49)/b6-5+,19-14+,29-24+/t38?,39-,40+/m0/s1. The fourth-order valence-corrected chi connectivity index (χ4v) is 6.39. The second-order valence-electron chi connectivity index (χ2n) is 14.7. The van der Waals surface area contributed by atoms with Crippen LogP contribution in [0, 0.1) is 5.92 Å². The van der Waals surface area contributed by atoms with E-state index in [1.54, 1.807) is 6.08 Å². The van der Waals surface area contributed by atoms with Crippen molar-refractivity contribution in [2.75, 3.05) is 26.4 Å². The summed E-state index contributed by atoms with van der Waals surface area (Å²) in [6, 6.07) is 0. The van der Waals surface area contributed by atoms with Crippen molar-refractivity contribution in [3.63, 3.8) is 0 Å². The Hall–Kier alpha value is -1.85. The second kappa shape index (κ2) is 36.8. The van der Waals surface area contributed by atoms with Crippen molar-refractivity contribution in [3.05, 3.63) is 36.5 Å². The smallest absolute Gasteiger partial charge is 0.462 e. The Bertz CT molecular complexity index is 1030. The highest BCUT2D eigenvalue weighted by atomic mass is 31.2. The predicted molar refractivity (Wildman–Crippen MR) is 216 cm³/mol. The number of esters is 2. The van der Waals surface area contributed by atoms with Gasteiger partial charge >= 0.3 is 19.8 Å². The van der Waals surface area contributed by atoms with E-state index < -0.39 is 57.9 Å². The molecule has 12 heteroatoms. The summed E-state index contributed by atoms with van der Waals surface area (Å²) in [5, 5.41) is 28.4. The molecule has 0 spiro atoms. The highest BCUT2D eigenvalue weighted by Gasteiger charge is 2.27. The Morgan fingerprint density at radius 3 is 1.72 bits per heavy atom. The van der Waals surface area contributed by atoms with Gasteiger partial charge in [-0.15, -0.1) is 0 Å². The molecule has 0 aliphatic carbocycles. The number of phosphoric ester groups is 1. The van der Waals surface area contributed by atoms with Crippen molar-refractivity contribution in [3.8, 4) is 0 Å². The Balaban J connectivity index is 4.40. The summed E-state index contributed by atoms with van der Waals surface area (Å²) in [5.41, 5.74) is 0. The molecule has 0 bridgehead atoms. The summed E-state index contributed by atoms with van der Waals surface area (Å²) < 4.78 is 32.6. The van der Waals surface area contributed by atoms with E-state index in [0.717, 1.165) is 63.7 Å². The zero-order valence-corrected chi connectivity index (χ0v) is 34.9. The van der Waals surface area contributed by atoms with E-state index >= 15 is 0 Å². The Kier molecular flexibility index (Phi) is 35.5. The van der Waals surface area contributed by atoms with Gasteiger partial charge in [-0.2, -0.15) is 0 Å². The topological polar surface area (TPSA) is 169 Å². The van der Waals surface area contributed by atoms with E-state index in [-0.39, 0.29) is 19.4 Å². The van der Waals surface area contributed by atoms with Crippen molar-refractivity contribution in [2.45, 2.75) is 187 Å². The Labute approximate surface area is 327 Å². The summed E-state index contributed by atoms with van der Waals surface area (Å²) in [6.45, 7) is 4.45. The molecular weight excluding hydrogens is 711 g/mol. The molecular formula is C42H77O11P. The van der Waals surface area contributed by atoms with E-state index in [0.29, 0.717) is 19.3 Å². The highest BCUT2D eigenvalue weighted by molar-refractivity contribution is 7.47. The first-order valence-corrected chi connectivity index (χ1v) is 22.4. The first-order valence-electron chi connectivity index (χ1n) is 20.9. The van der Waals surface area contributed by atoms with Gasteiger partial charge in [0, 0.05) is 12.8 Å². The Morgan fingerprint density at radius 1 is 0.648 bits per heavy atom. The van der Waals surface area contributed by atoms with E-state index in [2.05, 4.69) is 37.4 Å². The number of rotatable bonds is 38. The van der Waals surface area contributed by atoms with Crippen LogP contribution in [0.4, 0.5) is 0 Å². The fraction of sp³-hybridized carbons (Fsp3) is 0.810. The van der Waals surface area contributed by atoms with Crippen molar-refractivity contribution in [2.24, 2.45) is 5.92 Å². The van der Waals surface area contributed by atoms with Crippen LogP contribution in [0.2, 0.25) is 0 Å². The predicted octanol–water partition coefficient (Wildman–Crippen LogP) is 9.61. The molecule has 0 aromatic rings. The van der Waals surface area contributed by atoms with Gasteiger partial charge in [-0.05, 0) is 38.0 Å². The number of carbonyl (C=O) groups excluding carboxylic acids is 2. The van der Waals surface area contributed by atoms with Crippen LogP contribution in [-0.4, -0.2) is 76.9 Å². The highest BCUT2D eigenvalue weighted by Crippen LogP contribution is 2.43. The lowest BCUT2D eigenvalue weighted by atomic mass is 10.0. The van der Waals surface area contributed by atoms with E-state index in [4.69, 9.17) is 19.1 Å². The molecule has 2 unspecified atom stereocenters. The van der Waals surface area contributed by atoms with Crippen LogP contribution in [0.1, 0.15) is 168 Å². The summed E-state index contributed by atoms with van der Waals surface area (Å²) in [5.74, 6) is -0.197. The van der Waals surface area contributed by atoms with E-state index in [9.17, 15) is 29.3 Å². The minimum Gasteiger partial charge on any atom is -0.462 e. The van der Waals surface area contributed by atoms with Crippen molar-refractivity contribution in [1.82, 2.24) is 0 Å². The first kappa shape index (κ1) is 52.2. The molecule has 0 aromatic carbocycles. The molecule has 0 rings (SSSR count). The summed E-state index contributed by atoms with van der Waals surface area (Å²) in [4.78, 5) is 34.9. The number of aliphatic hydroxyl groups is 3. The van der Waals surface area contributed by atoms with Gasteiger partial charge in [0.2, 0.25) is 0 Å². The quantitative estimate of drug-likeness (QED) is 0.0155. The normalized spacial score (nSPS) is 15.0. The van der Waals surface area contributed by atoms with Crippen LogP contribution >= 0.6 is 7.82 Å². The molecule has 4 N–H and O–H groups in total. The third-order valence-corrected chi connectivity index (χ3v) is 9.79. The minimum atomic E-state index is -4.64. The van der Waals surface area contributed by atoms with Crippen LogP contribution < -0.4 is 0 Å². The average molecular weight is 789 g/mol. The zero-order chi connectivity index (χ0) is 40.1. The fourth-order valence-electron chi connectivity index (χ4n) is 5.60. The van der Waals surface area contributed by atoms with Crippen molar-refractivity contribution in [1.29, 1.82) is 0 Å². The lowest BCUT2D eigenvalue weighted by Crippen LogP contribution is -2.29. The molecule has 0 heterocycles. The largest absolute Gasteiger partial charge is 0.472 e. The molecule has 0 aliphatic rings. The molecule has 4 atom stereocenters. The van der Waals surface area contributed by atoms with Gasteiger partial charge < -0.3 is 29.7 Å². The molecule has 316 valence electrons. The maximum Gasteiger partial charge on any atom is 0.472 e. The molecule has 0 radical (unpaired) electrons. The zero-order valence-electron chi connectivity index (χ0n) is 34.0. The minimum absolute atomic E-state index is 0.115. The van der Waals surface area contributed by atoms with Gasteiger partial charge in [-0.25, -0.2) is 4.57 Å². The van der Waals surface area contributed by atoms with E-state index in [1.165, 1.54) is 57.8 Å². The number of aliphatic hydroxyl groups excluding tert-OH is 3. The molecule has 0 amide bonds. The van der Waals surface area contributed by atoms with Crippen molar-refractivity contribution < 1.29 is 52.9 Å². The summed E-state index contributed by atoms with van der Waals surface area (Å²) >= 11 is 0. The summed E-state index contributed by atoms with van der Waals surface area (Å²) in [7, 11) is -4.64. The van der Waals surface area contributed by atoms with Gasteiger partial charge in [0.1, 0.15) is 12.7 Å². The van der Waals surface area contributed by atoms with Gasteiger partial charge in [-0.3, -0.25) is 18.6 Å². The van der Waals surface area contributed by atoms with Gasteiger partial charge in [0.05, 0.1) is 25.9 Å². The monoisotopic (exact) mass is 789 g/mol. The van der Waals surface area contributed by atoms with Gasteiger partial charge in [-0.1, -0.05) is 160 Å². The van der Waals surface area contributed by atoms with Crippen LogP contribution in [0.15, 0.2) is 36.5 Å². The molecule has 0 aliphatic heterocycles. The maximum absolute atomic E-state index is 12.6. The number of ether oxygens (including phenoxy) is 2. The lowest BCUT2D eigenvalue weighted by molar-refractivity contribution is -0.161. The maximum atomic E-state index is 12.6. The Morgan fingerprint density at radius 2 is 1.17 bits per heavy atom. The average Bonchev–Trinajstić information content (AvgIpc) is 3.14. The molecule has 0 saturated heterocycles.